The van der Waals surface area contributed by atoms with E-state index in [0.29, 0.717) is 48.7 Å². The molecular weight excluding hydrogens is 442 g/mol. The number of nitrogen functional groups attached to an aromatic ring is 1. The van der Waals surface area contributed by atoms with Crippen LogP contribution in [0.3, 0.4) is 0 Å². The highest BCUT2D eigenvalue weighted by molar-refractivity contribution is 7.92. The van der Waals surface area contributed by atoms with Crippen LogP contribution in [-0.4, -0.2) is 42.5 Å². The number of urea groups is 1. The fraction of sp³-hybridized carbons (Fsp3) is 0.273. The van der Waals surface area contributed by atoms with Crippen molar-refractivity contribution in [2.75, 3.05) is 24.1 Å². The lowest BCUT2D eigenvalue weighted by atomic mass is 9.81. The highest BCUT2D eigenvalue weighted by atomic mass is 32.2. The first-order chi connectivity index (χ1) is 15.9. The number of benzene rings is 1. The number of nitrogens with two attached hydrogens (primary N) is 2. The number of nitrogens with zero attached hydrogens (tertiary/aromatic N) is 3. The number of rotatable bonds is 7. The Bertz CT molecular complexity index is 1240. The first kappa shape index (κ1) is 22.6. The van der Waals surface area contributed by atoms with Crippen molar-refractivity contribution < 1.29 is 13.2 Å². The molecule has 172 valence electrons. The molecule has 0 spiro atoms. The van der Waals surface area contributed by atoms with Crippen molar-refractivity contribution in [3.63, 3.8) is 0 Å². The summed E-state index contributed by atoms with van der Waals surface area (Å²) in [6, 6.07) is 12.9. The maximum atomic E-state index is 13.5. The number of hydrogen-bond donors (Lipinski definition) is 4. The SMILES string of the molecule is NCCNC(=O)Nc1ccc(-c2nc(N)cc(C3(S(=O)(=O)c4ccccn4)CCC3)n2)cc1. The second-order valence-electron chi connectivity index (χ2n) is 7.77. The van der Waals surface area contributed by atoms with Gasteiger partial charge in [-0.2, -0.15) is 0 Å². The van der Waals surface area contributed by atoms with E-state index in [9.17, 15) is 13.2 Å². The van der Waals surface area contributed by atoms with Crippen LogP contribution < -0.4 is 22.1 Å². The van der Waals surface area contributed by atoms with Crippen molar-refractivity contribution in [3.8, 4) is 11.4 Å². The van der Waals surface area contributed by atoms with Gasteiger partial charge in [-0.3, -0.25) is 0 Å². The minimum Gasteiger partial charge on any atom is -0.384 e. The van der Waals surface area contributed by atoms with Crippen molar-refractivity contribution in [1.82, 2.24) is 20.3 Å². The third kappa shape index (κ3) is 4.37. The van der Waals surface area contributed by atoms with E-state index in [2.05, 4.69) is 25.6 Å². The number of carbonyl (C=O) groups excluding carboxylic acids is 1. The predicted molar refractivity (Wildman–Crippen MR) is 125 cm³/mol. The lowest BCUT2D eigenvalue weighted by molar-refractivity contribution is 0.252. The van der Waals surface area contributed by atoms with E-state index in [1.54, 1.807) is 36.4 Å². The number of aromatic nitrogens is 3. The molecule has 1 saturated carbocycles. The molecule has 1 aliphatic rings. The third-order valence-electron chi connectivity index (χ3n) is 5.63. The minimum absolute atomic E-state index is 0.0202. The van der Waals surface area contributed by atoms with E-state index in [1.807, 2.05) is 0 Å². The van der Waals surface area contributed by atoms with Gasteiger partial charge in [-0.15, -0.1) is 0 Å². The predicted octanol–water partition coefficient (Wildman–Crippen LogP) is 2.05. The van der Waals surface area contributed by atoms with Crippen LogP contribution in [0.15, 0.2) is 59.8 Å². The maximum Gasteiger partial charge on any atom is 0.319 e. The molecule has 3 aromatic rings. The standard InChI is InChI=1S/C22H25N7O3S/c23-11-13-26-21(30)27-16-7-5-15(6-8-16)20-28-17(14-18(24)29-20)22(9-3-10-22)33(31,32)19-4-1-2-12-25-19/h1-2,4-8,12,14H,3,9-11,13,23H2,(H2,24,28,29)(H2,26,27,30). The monoisotopic (exact) mass is 467 g/mol. The number of sulfone groups is 1. The summed E-state index contributed by atoms with van der Waals surface area (Å²) in [7, 11) is -3.78. The van der Waals surface area contributed by atoms with Crippen molar-refractivity contribution in [2.45, 2.75) is 29.0 Å². The first-order valence-corrected chi connectivity index (χ1v) is 12.0. The molecule has 10 nitrogen and oxygen atoms in total. The normalized spacial score (nSPS) is 14.8. The Kier molecular flexibility index (Phi) is 6.25. The maximum absolute atomic E-state index is 13.5. The van der Waals surface area contributed by atoms with E-state index >= 15 is 0 Å². The van der Waals surface area contributed by atoms with Gasteiger partial charge in [-0.1, -0.05) is 6.07 Å². The van der Waals surface area contributed by atoms with Crippen LogP contribution in [0.25, 0.3) is 11.4 Å². The summed E-state index contributed by atoms with van der Waals surface area (Å²) in [5.74, 6) is 0.493. The summed E-state index contributed by atoms with van der Waals surface area (Å²) in [6.07, 6.45) is 3.09. The van der Waals surface area contributed by atoms with E-state index < -0.39 is 14.6 Å². The molecule has 0 unspecified atom stereocenters. The van der Waals surface area contributed by atoms with Crippen molar-refractivity contribution in [1.29, 1.82) is 0 Å². The molecule has 0 atom stereocenters. The van der Waals surface area contributed by atoms with Gasteiger partial charge in [0.05, 0.1) is 5.69 Å². The zero-order valence-electron chi connectivity index (χ0n) is 17.9. The van der Waals surface area contributed by atoms with Gasteiger partial charge in [0.15, 0.2) is 10.9 Å². The van der Waals surface area contributed by atoms with Gasteiger partial charge in [0.25, 0.3) is 0 Å². The Morgan fingerprint density at radius 1 is 1.09 bits per heavy atom. The number of hydrogen-bond acceptors (Lipinski definition) is 8. The summed E-state index contributed by atoms with van der Waals surface area (Å²) in [5.41, 5.74) is 13.0. The summed E-state index contributed by atoms with van der Waals surface area (Å²) in [5, 5.41) is 5.34. The number of amides is 2. The summed E-state index contributed by atoms with van der Waals surface area (Å²) >= 11 is 0. The Hall–Kier alpha value is -3.57. The second-order valence-corrected chi connectivity index (χ2v) is 9.97. The zero-order chi connectivity index (χ0) is 23.5. The Labute approximate surface area is 191 Å². The summed E-state index contributed by atoms with van der Waals surface area (Å²) in [4.78, 5) is 24.8. The Morgan fingerprint density at radius 3 is 2.45 bits per heavy atom. The molecule has 1 aromatic carbocycles. The summed E-state index contributed by atoms with van der Waals surface area (Å²) in [6.45, 7) is 0.714. The van der Waals surface area contributed by atoms with Crippen LogP contribution in [0.4, 0.5) is 16.3 Å². The fourth-order valence-electron chi connectivity index (χ4n) is 3.76. The lowest BCUT2D eigenvalue weighted by Crippen LogP contribution is -2.43. The van der Waals surface area contributed by atoms with E-state index in [4.69, 9.17) is 11.5 Å². The van der Waals surface area contributed by atoms with Gasteiger partial charge in [-0.25, -0.2) is 28.2 Å². The molecule has 0 bridgehead atoms. The van der Waals surface area contributed by atoms with Gasteiger partial charge in [0, 0.05) is 36.6 Å². The van der Waals surface area contributed by atoms with Crippen LogP contribution >= 0.6 is 0 Å². The molecule has 2 aromatic heterocycles. The Morgan fingerprint density at radius 2 is 1.85 bits per heavy atom. The van der Waals surface area contributed by atoms with Gasteiger partial charge in [0.1, 0.15) is 10.6 Å². The molecule has 0 radical (unpaired) electrons. The van der Waals surface area contributed by atoms with Gasteiger partial charge in [-0.05, 0) is 55.7 Å². The second kappa shape index (κ2) is 9.12. The van der Waals surface area contributed by atoms with E-state index in [-0.39, 0.29) is 16.9 Å². The van der Waals surface area contributed by atoms with E-state index in [0.717, 1.165) is 6.42 Å². The summed E-state index contributed by atoms with van der Waals surface area (Å²) < 4.78 is 25.8. The molecule has 1 aliphatic carbocycles. The van der Waals surface area contributed by atoms with Crippen LogP contribution in [0.2, 0.25) is 0 Å². The highest BCUT2D eigenvalue weighted by Crippen LogP contribution is 2.50. The Balaban J connectivity index is 1.65. The molecule has 33 heavy (non-hydrogen) atoms. The fourth-order valence-corrected chi connectivity index (χ4v) is 5.82. The van der Waals surface area contributed by atoms with E-state index in [1.165, 1.54) is 18.3 Å². The molecular formula is C22H25N7O3S. The third-order valence-corrected chi connectivity index (χ3v) is 8.07. The average molecular weight is 468 g/mol. The molecule has 2 heterocycles. The lowest BCUT2D eigenvalue weighted by Gasteiger charge is -2.40. The van der Waals surface area contributed by atoms with Gasteiger partial charge >= 0.3 is 6.03 Å². The number of nitrogens with one attached hydrogen (secondary N) is 2. The molecule has 0 saturated heterocycles. The molecule has 0 aliphatic heterocycles. The average Bonchev–Trinajstić information content (AvgIpc) is 2.77. The zero-order valence-corrected chi connectivity index (χ0v) is 18.7. The van der Waals surface area contributed by atoms with Crippen molar-refractivity contribution >= 4 is 27.4 Å². The quantitative estimate of drug-likeness (QED) is 0.410. The molecule has 6 N–H and O–H groups in total. The highest BCUT2D eigenvalue weighted by Gasteiger charge is 2.53. The smallest absolute Gasteiger partial charge is 0.319 e. The van der Waals surface area contributed by atoms with Crippen LogP contribution in [0.5, 0.6) is 0 Å². The molecule has 4 rings (SSSR count). The topological polar surface area (TPSA) is 166 Å². The number of anilines is 2. The molecule has 2 amide bonds. The van der Waals surface area contributed by atoms with Crippen molar-refractivity contribution in [3.05, 3.63) is 60.4 Å². The first-order valence-electron chi connectivity index (χ1n) is 10.5. The number of carbonyl (C=O) groups is 1. The molecule has 11 heteroatoms. The van der Waals surface area contributed by atoms with Crippen LogP contribution in [-0.2, 0) is 14.6 Å². The number of pyridine rings is 1. The van der Waals surface area contributed by atoms with Crippen LogP contribution in [0, 0.1) is 0 Å². The van der Waals surface area contributed by atoms with Gasteiger partial charge < -0.3 is 22.1 Å². The molecule has 1 fully saturated rings. The van der Waals surface area contributed by atoms with Gasteiger partial charge in [0.2, 0.25) is 9.84 Å². The minimum atomic E-state index is -3.78. The largest absolute Gasteiger partial charge is 0.384 e. The van der Waals surface area contributed by atoms with Crippen molar-refractivity contribution in [2.24, 2.45) is 5.73 Å². The van der Waals surface area contributed by atoms with Crippen LogP contribution in [0.1, 0.15) is 25.0 Å².